The Hall–Kier alpha value is -3.48. The Morgan fingerprint density at radius 1 is 0.980 bits per heavy atom. The highest BCUT2D eigenvalue weighted by Gasteiger charge is 2.37. The van der Waals surface area contributed by atoms with Crippen LogP contribution in [0.25, 0.3) is 0 Å². The first kappa shape index (κ1) is 40.0. The van der Waals surface area contributed by atoms with Crippen LogP contribution >= 0.6 is 8.25 Å². The van der Waals surface area contributed by atoms with Crippen LogP contribution in [0.4, 0.5) is 4.79 Å². The van der Waals surface area contributed by atoms with Crippen molar-refractivity contribution in [2.24, 2.45) is 5.92 Å². The van der Waals surface area contributed by atoms with Gasteiger partial charge in [-0.1, -0.05) is 62.9 Å². The number of nitrogens with one attached hydrogen (secondary N) is 3. The number of benzene rings is 1. The summed E-state index contributed by atoms with van der Waals surface area (Å²) >= 11 is 0. The summed E-state index contributed by atoms with van der Waals surface area (Å²) in [6.07, 6.45) is 6.30. The lowest BCUT2D eigenvalue weighted by atomic mass is 10.0. The Bertz CT molecular complexity index is 1250. The molecule has 1 aliphatic carbocycles. The minimum atomic E-state index is -3.16. The van der Waals surface area contributed by atoms with E-state index in [1.165, 1.54) is 11.8 Å². The molecule has 49 heavy (non-hydrogen) atoms. The molecule has 4 N–H and O–H groups in total. The summed E-state index contributed by atoms with van der Waals surface area (Å²) in [6.45, 7) is 4.06. The maximum atomic E-state index is 13.5. The Balaban J connectivity index is 1.50. The fourth-order valence-corrected chi connectivity index (χ4v) is 6.85. The molecule has 5 atom stereocenters. The fraction of sp³-hybridized carbons (Fsp3) is 0.676. The van der Waals surface area contributed by atoms with Gasteiger partial charge in [-0.3, -0.25) is 23.5 Å². The molecular formula is C34H53N4O10P. The van der Waals surface area contributed by atoms with Gasteiger partial charge >= 0.3 is 20.3 Å². The number of ether oxygens (including phenoxy) is 1. The van der Waals surface area contributed by atoms with Gasteiger partial charge in [0.25, 0.3) is 5.91 Å². The second-order valence-corrected chi connectivity index (χ2v) is 13.7. The number of likely N-dealkylation sites (tertiary alicyclic amines) is 1. The van der Waals surface area contributed by atoms with Gasteiger partial charge in [-0.2, -0.15) is 0 Å². The minimum Gasteiger partial charge on any atom is -0.480 e. The number of carbonyl (C=O) groups is 5. The van der Waals surface area contributed by atoms with Gasteiger partial charge in [-0.05, 0) is 63.9 Å². The van der Waals surface area contributed by atoms with Crippen LogP contribution < -0.4 is 16.0 Å². The van der Waals surface area contributed by atoms with E-state index in [0.29, 0.717) is 45.1 Å². The molecular weight excluding hydrogens is 655 g/mol. The van der Waals surface area contributed by atoms with Crippen LogP contribution in [0.15, 0.2) is 30.3 Å². The fourth-order valence-electron chi connectivity index (χ4n) is 6.05. The Morgan fingerprint density at radius 2 is 1.71 bits per heavy atom. The van der Waals surface area contributed by atoms with E-state index in [0.717, 1.165) is 44.1 Å². The molecule has 1 aromatic rings. The number of rotatable bonds is 21. The number of carboxylic acids is 1. The summed E-state index contributed by atoms with van der Waals surface area (Å²) in [4.78, 5) is 64.1. The highest BCUT2D eigenvalue weighted by molar-refractivity contribution is 7.33. The van der Waals surface area contributed by atoms with Crippen molar-refractivity contribution in [3.05, 3.63) is 35.9 Å². The number of nitrogens with zero attached hydrogens (tertiary/aromatic N) is 1. The number of alkyl carbamates (subject to hydrolysis) is 1. The predicted octanol–water partition coefficient (Wildman–Crippen LogP) is 4.32. The molecule has 15 heteroatoms. The monoisotopic (exact) mass is 708 g/mol. The maximum Gasteiger partial charge on any atom is 0.407 e. The standard InChI is InChI=1S/C34H53N4O10P/c1-3-4-17-27(23-47-49(45)48-24(2)32(41)38-21-12-19-29(38)33(42)43)36-31(40)28(37-30(39)26-15-8-9-16-26)18-10-11-20-35-34(44)46-22-25-13-6-5-7-14-25/h5-7,13-14,24,26-29,49H,3-4,8-12,15-23H2,1-2H3,(H,35,44)(H,36,40)(H,37,39)(H,42,43)/t24-,27?,28-,29-/m0/s1. The summed E-state index contributed by atoms with van der Waals surface area (Å²) in [7, 11) is -3.16. The lowest BCUT2D eigenvalue weighted by Crippen LogP contribution is -2.51. The molecule has 0 bridgehead atoms. The average molecular weight is 709 g/mol. The van der Waals surface area contributed by atoms with E-state index in [2.05, 4.69) is 16.0 Å². The van der Waals surface area contributed by atoms with Crippen LogP contribution in [-0.2, 0) is 44.1 Å². The summed E-state index contributed by atoms with van der Waals surface area (Å²) in [5.74, 6) is -2.33. The van der Waals surface area contributed by atoms with Crippen LogP contribution in [0.2, 0.25) is 0 Å². The van der Waals surface area contributed by atoms with Crippen molar-refractivity contribution in [2.45, 2.75) is 122 Å². The van der Waals surface area contributed by atoms with E-state index in [1.54, 1.807) is 0 Å². The maximum absolute atomic E-state index is 13.5. The van der Waals surface area contributed by atoms with Gasteiger partial charge in [-0.15, -0.1) is 0 Å². The SMILES string of the molecule is CCCCC(CO[PH](=O)O[C@@H](C)C(=O)N1CCC[C@H]1C(=O)O)NC(=O)[C@H](CCCCNC(=O)OCc1ccccc1)NC(=O)C1CCCC1. The largest absolute Gasteiger partial charge is 0.480 e. The summed E-state index contributed by atoms with van der Waals surface area (Å²) in [6, 6.07) is 7.07. The van der Waals surface area contributed by atoms with Crippen LogP contribution in [-0.4, -0.2) is 83.7 Å². The molecule has 0 radical (unpaired) electrons. The number of hydrogen-bond acceptors (Lipinski definition) is 9. The van der Waals surface area contributed by atoms with Crippen LogP contribution in [0, 0.1) is 5.92 Å². The molecule has 0 aromatic heterocycles. The third-order valence-electron chi connectivity index (χ3n) is 8.86. The van der Waals surface area contributed by atoms with E-state index < -0.39 is 50.5 Å². The topological polar surface area (TPSA) is 190 Å². The first-order valence-corrected chi connectivity index (χ1v) is 18.7. The van der Waals surface area contributed by atoms with Gasteiger partial charge in [-0.25, -0.2) is 9.59 Å². The van der Waals surface area contributed by atoms with Gasteiger partial charge in [0.1, 0.15) is 24.8 Å². The number of hydrogen-bond donors (Lipinski definition) is 4. The lowest BCUT2D eigenvalue weighted by molar-refractivity contribution is -0.151. The first-order chi connectivity index (χ1) is 23.6. The number of aliphatic carboxylic acids is 1. The van der Waals surface area contributed by atoms with Crippen molar-refractivity contribution in [2.75, 3.05) is 19.7 Å². The minimum absolute atomic E-state index is 0.130. The van der Waals surface area contributed by atoms with E-state index in [1.807, 2.05) is 37.3 Å². The quantitative estimate of drug-likeness (QED) is 0.106. The Labute approximate surface area is 289 Å². The zero-order chi connectivity index (χ0) is 35.6. The summed E-state index contributed by atoms with van der Waals surface area (Å²) < 4.78 is 28.7. The Kier molecular flexibility index (Phi) is 17.6. The van der Waals surface area contributed by atoms with Crippen molar-refractivity contribution < 1.29 is 47.4 Å². The smallest absolute Gasteiger partial charge is 0.407 e. The molecule has 2 aliphatic rings. The third kappa shape index (κ3) is 14.1. The predicted molar refractivity (Wildman–Crippen MR) is 182 cm³/mol. The van der Waals surface area contributed by atoms with Crippen molar-refractivity contribution in [1.29, 1.82) is 0 Å². The first-order valence-electron chi connectivity index (χ1n) is 17.5. The number of unbranched alkanes of at least 4 members (excludes halogenated alkanes) is 2. The van der Waals surface area contributed by atoms with Crippen LogP contribution in [0.3, 0.4) is 0 Å². The number of carboxylic acid groups (broad SMARTS) is 1. The van der Waals surface area contributed by atoms with Gasteiger partial charge in [0.15, 0.2) is 0 Å². The van der Waals surface area contributed by atoms with Gasteiger partial charge in [0, 0.05) is 19.0 Å². The van der Waals surface area contributed by atoms with Gasteiger partial charge in [0.2, 0.25) is 11.8 Å². The molecule has 4 amide bonds. The molecule has 1 saturated heterocycles. The molecule has 2 unspecified atom stereocenters. The second kappa shape index (κ2) is 21.6. The van der Waals surface area contributed by atoms with E-state index in [9.17, 15) is 33.6 Å². The lowest BCUT2D eigenvalue weighted by Gasteiger charge is -2.26. The highest BCUT2D eigenvalue weighted by atomic mass is 31.1. The third-order valence-corrected chi connectivity index (χ3v) is 9.81. The molecule has 274 valence electrons. The van der Waals surface area contributed by atoms with Crippen LogP contribution in [0.5, 0.6) is 0 Å². The van der Waals surface area contributed by atoms with E-state index in [4.69, 9.17) is 13.8 Å². The molecule has 1 heterocycles. The van der Waals surface area contributed by atoms with Crippen molar-refractivity contribution in [3.8, 4) is 0 Å². The average Bonchev–Trinajstić information content (AvgIpc) is 3.81. The van der Waals surface area contributed by atoms with Crippen molar-refractivity contribution in [1.82, 2.24) is 20.9 Å². The van der Waals surface area contributed by atoms with Gasteiger partial charge in [0.05, 0.1) is 12.6 Å². The summed E-state index contributed by atoms with van der Waals surface area (Å²) in [5.41, 5.74) is 0.880. The normalized spacial score (nSPS) is 18.7. The van der Waals surface area contributed by atoms with Crippen LogP contribution in [0.1, 0.15) is 96.5 Å². The molecule has 1 aliphatic heterocycles. The van der Waals surface area contributed by atoms with E-state index in [-0.39, 0.29) is 37.5 Å². The molecule has 2 fully saturated rings. The zero-order valence-corrected chi connectivity index (χ0v) is 29.7. The molecule has 1 saturated carbocycles. The van der Waals surface area contributed by atoms with Gasteiger partial charge < -0.3 is 35.2 Å². The highest BCUT2D eigenvalue weighted by Crippen LogP contribution is 2.29. The Morgan fingerprint density at radius 3 is 2.41 bits per heavy atom. The molecule has 0 spiro atoms. The summed E-state index contributed by atoms with van der Waals surface area (Å²) in [5, 5.41) is 18.0. The van der Waals surface area contributed by atoms with E-state index >= 15 is 0 Å². The number of carbonyl (C=O) groups excluding carboxylic acids is 4. The van der Waals surface area contributed by atoms with Crippen molar-refractivity contribution >= 4 is 38.0 Å². The second-order valence-electron chi connectivity index (χ2n) is 12.7. The van der Waals surface area contributed by atoms with Crippen molar-refractivity contribution in [3.63, 3.8) is 0 Å². The molecule has 3 rings (SSSR count). The zero-order valence-electron chi connectivity index (χ0n) is 28.7. The number of amides is 4. The molecule has 1 aromatic carbocycles. The molecule has 14 nitrogen and oxygen atoms in total.